The monoisotopic (exact) mass is 561 g/mol. The smallest absolute Gasteiger partial charge is 0.255 e. The molecule has 0 unspecified atom stereocenters. The molecular weight excluding hydrogens is 533 g/mol. The van der Waals surface area contributed by atoms with Crippen LogP contribution < -0.4 is 0 Å². The molecule has 2 aliphatic rings. The Morgan fingerprint density at radius 3 is 1.88 bits per heavy atom. The van der Waals surface area contributed by atoms with Gasteiger partial charge in [-0.15, -0.1) is 0 Å². The summed E-state index contributed by atoms with van der Waals surface area (Å²) in [6.07, 6.45) is 0.428. The van der Waals surface area contributed by atoms with Crippen LogP contribution in [-0.4, -0.2) is 75.7 Å². The minimum Gasteiger partial charge on any atom is -0.337 e. The molecule has 3 nitrogen and oxygen atoms in total. The van der Waals surface area contributed by atoms with Gasteiger partial charge in [0.05, 0.1) is 15.6 Å². The molecule has 0 N–H and O–H groups in total. The number of carbonyl (C=O) groups is 2. The van der Waals surface area contributed by atoms with Crippen molar-refractivity contribution >= 4 is 81.9 Å². The van der Waals surface area contributed by atoms with Crippen molar-refractivity contribution < 1.29 is 9.59 Å². The van der Waals surface area contributed by atoms with E-state index in [0.29, 0.717) is 22.6 Å². The van der Waals surface area contributed by atoms with Crippen molar-refractivity contribution in [3.8, 4) is 0 Å². The number of hydrogen-bond donors (Lipinski definition) is 0. The third-order valence-corrected chi connectivity index (χ3v) is 11.2. The maximum atomic E-state index is 13.2. The first-order chi connectivity index (χ1) is 15.8. The molecule has 0 atom stereocenters. The molecule has 1 aromatic carbocycles. The second kappa shape index (κ2) is 13.2. The van der Waals surface area contributed by atoms with E-state index in [4.69, 9.17) is 23.2 Å². The van der Waals surface area contributed by atoms with Crippen LogP contribution in [0.4, 0.5) is 0 Å². The van der Waals surface area contributed by atoms with Crippen LogP contribution in [0.25, 0.3) is 0 Å². The van der Waals surface area contributed by atoms with Crippen LogP contribution in [0.2, 0.25) is 10.0 Å². The first-order valence-corrected chi connectivity index (χ1v) is 16.1. The Bertz CT molecular complexity index is 900. The van der Waals surface area contributed by atoms with Gasteiger partial charge in [0.1, 0.15) is 0 Å². The zero-order valence-corrected chi connectivity index (χ0v) is 23.5. The number of amides is 1. The molecule has 0 aromatic heterocycles. The van der Waals surface area contributed by atoms with E-state index < -0.39 is 0 Å². The summed E-state index contributed by atoms with van der Waals surface area (Å²) >= 11 is 20.3. The molecule has 0 spiro atoms. The van der Waals surface area contributed by atoms with Crippen molar-refractivity contribution in [3.63, 3.8) is 0 Å². The third kappa shape index (κ3) is 7.91. The number of ketones is 1. The zero-order valence-electron chi connectivity index (χ0n) is 18.7. The fraction of sp³-hybridized carbons (Fsp3) is 0.500. The fourth-order valence-electron chi connectivity index (χ4n) is 3.59. The molecule has 0 bridgehead atoms. The highest BCUT2D eigenvalue weighted by molar-refractivity contribution is 8.01. The van der Waals surface area contributed by atoms with Gasteiger partial charge in [-0.3, -0.25) is 9.59 Å². The molecule has 2 heterocycles. The summed E-state index contributed by atoms with van der Waals surface area (Å²) in [6, 6.07) is 3.23. The summed E-state index contributed by atoms with van der Waals surface area (Å²) in [5, 5.41) is 0.565. The Morgan fingerprint density at radius 1 is 0.879 bits per heavy atom. The summed E-state index contributed by atoms with van der Waals surface area (Å²) < 4.78 is 0. The maximum Gasteiger partial charge on any atom is 0.255 e. The molecule has 0 radical (unpaired) electrons. The van der Waals surface area contributed by atoms with Gasteiger partial charge >= 0.3 is 0 Å². The van der Waals surface area contributed by atoms with Crippen LogP contribution in [0.3, 0.4) is 0 Å². The number of Topliss-reactive ketones (excluding diaryl/α,β-unsaturated/α-hetero) is 1. The van der Waals surface area contributed by atoms with Crippen LogP contribution in [0.1, 0.15) is 27.1 Å². The van der Waals surface area contributed by atoms with Gasteiger partial charge in [-0.25, -0.2) is 0 Å². The minimum absolute atomic E-state index is 0.0205. The van der Waals surface area contributed by atoms with Crippen LogP contribution in [-0.2, 0) is 0 Å². The number of halogens is 2. The molecule has 0 saturated carbocycles. The molecule has 2 fully saturated rings. The average Bonchev–Trinajstić information content (AvgIpc) is 2.74. The van der Waals surface area contributed by atoms with Gasteiger partial charge in [0.15, 0.2) is 5.78 Å². The van der Waals surface area contributed by atoms with E-state index in [-0.39, 0.29) is 28.7 Å². The molecule has 180 valence electrons. The van der Waals surface area contributed by atoms with E-state index in [1.54, 1.807) is 40.6 Å². The lowest BCUT2D eigenvalue weighted by atomic mass is 9.99. The third-order valence-electron chi connectivity index (χ3n) is 5.48. The number of rotatable bonds is 5. The molecule has 3 rings (SSSR count). The number of nitrogens with zero attached hydrogens (tertiary/aromatic N) is 1. The minimum atomic E-state index is -0.167. The lowest BCUT2D eigenvalue weighted by molar-refractivity contribution is 0.0759. The molecule has 33 heavy (non-hydrogen) atoms. The van der Waals surface area contributed by atoms with Gasteiger partial charge in [-0.05, 0) is 29.6 Å². The Balaban J connectivity index is 1.68. The van der Waals surface area contributed by atoms with Crippen molar-refractivity contribution in [2.75, 3.05) is 53.1 Å². The number of carbonyl (C=O) groups excluding carboxylic acids is 2. The van der Waals surface area contributed by atoms with Crippen molar-refractivity contribution in [1.82, 2.24) is 4.90 Å². The van der Waals surface area contributed by atoms with Gasteiger partial charge in [0.2, 0.25) is 0 Å². The van der Waals surface area contributed by atoms with Crippen molar-refractivity contribution in [3.05, 3.63) is 57.6 Å². The lowest BCUT2D eigenvalue weighted by Crippen LogP contribution is -2.41. The van der Waals surface area contributed by atoms with E-state index in [9.17, 15) is 9.59 Å². The molecule has 0 aliphatic carbocycles. The van der Waals surface area contributed by atoms with Crippen molar-refractivity contribution in [1.29, 1.82) is 0 Å². The van der Waals surface area contributed by atoms with Gasteiger partial charge in [-0.1, -0.05) is 47.5 Å². The van der Waals surface area contributed by atoms with Gasteiger partial charge in [0.25, 0.3) is 5.91 Å². The number of benzene rings is 1. The van der Waals surface area contributed by atoms with E-state index in [0.717, 1.165) is 46.0 Å². The highest BCUT2D eigenvalue weighted by Crippen LogP contribution is 2.31. The summed E-state index contributed by atoms with van der Waals surface area (Å²) in [6.45, 7) is 8.14. The lowest BCUT2D eigenvalue weighted by Gasteiger charge is -2.30. The van der Waals surface area contributed by atoms with Crippen LogP contribution in [0.15, 0.2) is 36.4 Å². The van der Waals surface area contributed by atoms with E-state index in [1.807, 2.05) is 30.6 Å². The highest BCUT2D eigenvalue weighted by Gasteiger charge is 2.26. The average molecular weight is 563 g/mol. The Labute approximate surface area is 224 Å². The summed E-state index contributed by atoms with van der Waals surface area (Å²) in [5.41, 5.74) is 3.22. The van der Waals surface area contributed by atoms with Gasteiger partial charge in [-0.2, -0.15) is 47.0 Å². The number of thioether (sulfide) groups is 4. The normalized spacial score (nSPS) is 19.4. The van der Waals surface area contributed by atoms with E-state index in [1.165, 1.54) is 11.1 Å². The molecule has 1 amide bonds. The van der Waals surface area contributed by atoms with Crippen molar-refractivity contribution in [2.45, 2.75) is 12.5 Å². The highest BCUT2D eigenvalue weighted by atomic mass is 35.5. The molecule has 9 heteroatoms. The Kier molecular flexibility index (Phi) is 11.0. The second-order valence-electron chi connectivity index (χ2n) is 8.44. The fourth-order valence-corrected chi connectivity index (χ4v) is 9.06. The topological polar surface area (TPSA) is 37.4 Å². The van der Waals surface area contributed by atoms with E-state index in [2.05, 4.69) is 13.2 Å². The summed E-state index contributed by atoms with van der Waals surface area (Å²) in [4.78, 5) is 28.0. The predicted molar refractivity (Wildman–Crippen MR) is 152 cm³/mol. The zero-order chi connectivity index (χ0) is 24.0. The quantitative estimate of drug-likeness (QED) is 0.294. The Hall–Kier alpha value is -0.180. The van der Waals surface area contributed by atoms with Gasteiger partial charge < -0.3 is 4.90 Å². The molecule has 2 aliphatic heterocycles. The van der Waals surface area contributed by atoms with E-state index >= 15 is 0 Å². The predicted octanol–water partition coefficient (Wildman–Crippen LogP) is 6.70. The SMILES string of the molecule is C=C1CSCC(CC(=O)c2cc(Cl)c(C(=O)N(C)C3CSCC(=C)CSC3)cc2Cl)CSC1. The van der Waals surface area contributed by atoms with Crippen molar-refractivity contribution in [2.24, 2.45) is 5.92 Å². The Morgan fingerprint density at radius 2 is 1.33 bits per heavy atom. The van der Waals surface area contributed by atoms with Crippen LogP contribution in [0.5, 0.6) is 0 Å². The van der Waals surface area contributed by atoms with Crippen LogP contribution in [0, 0.1) is 5.92 Å². The molecule has 2 saturated heterocycles. The summed E-state index contributed by atoms with van der Waals surface area (Å²) in [7, 11) is 1.81. The number of hydrogen-bond acceptors (Lipinski definition) is 6. The molecule has 1 aromatic rings. The van der Waals surface area contributed by atoms with Gasteiger partial charge in [0, 0.05) is 59.6 Å². The second-order valence-corrected chi connectivity index (χ2v) is 13.4. The first-order valence-electron chi connectivity index (χ1n) is 10.7. The molecular formula is C24H29Cl2NO2S4. The first kappa shape index (κ1) is 27.4. The maximum absolute atomic E-state index is 13.2. The standard InChI is InChI=1S/C24H29Cl2NO2S4/c1-15-7-30-11-17(12-31-8-15)4-23(28)19-5-22(26)20(6-21(19)25)24(29)27(3)18-13-32-9-16(2)10-33-14-18/h5-6,17-18H,1-2,4,7-14H2,3H3. The largest absolute Gasteiger partial charge is 0.337 e. The summed E-state index contributed by atoms with van der Waals surface area (Å²) in [5.74, 6) is 7.37. The van der Waals surface area contributed by atoms with Crippen LogP contribution >= 0.6 is 70.2 Å².